The Kier molecular flexibility index (Phi) is 6.57. The van der Waals surface area contributed by atoms with Crippen molar-refractivity contribution in [2.24, 2.45) is 5.92 Å². The summed E-state index contributed by atoms with van der Waals surface area (Å²) >= 11 is 1.45. The number of sulfone groups is 1. The molecule has 0 unspecified atom stereocenters. The molecule has 9 heteroatoms. The molecule has 7 nitrogen and oxygen atoms in total. The summed E-state index contributed by atoms with van der Waals surface area (Å²) in [6.07, 6.45) is 1.46. The van der Waals surface area contributed by atoms with E-state index in [-0.39, 0.29) is 24.1 Å². The number of amides is 2. The number of thiophene rings is 1. The van der Waals surface area contributed by atoms with Crippen molar-refractivity contribution in [3.8, 4) is 0 Å². The van der Waals surface area contributed by atoms with Gasteiger partial charge in [-0.1, -0.05) is 6.07 Å². The molecule has 2 amide bonds. The van der Waals surface area contributed by atoms with Gasteiger partial charge in [-0.05, 0) is 51.5 Å². The summed E-state index contributed by atoms with van der Waals surface area (Å²) in [5.41, 5.74) is -0.579. The number of hydrogen-bond donors (Lipinski definition) is 0. The molecule has 0 N–H and O–H groups in total. The van der Waals surface area contributed by atoms with Crippen LogP contribution in [0.1, 0.15) is 50.2 Å². The predicted molar refractivity (Wildman–Crippen MR) is 113 cm³/mol. The second-order valence-electron chi connectivity index (χ2n) is 8.75. The average Bonchev–Trinajstić information content (AvgIpc) is 3.11. The molecule has 2 aliphatic rings. The van der Waals surface area contributed by atoms with Gasteiger partial charge in [0.1, 0.15) is 5.60 Å². The maximum absolute atomic E-state index is 13.1. The monoisotopic (exact) mass is 442 g/mol. The second-order valence-corrected chi connectivity index (χ2v) is 12.0. The van der Waals surface area contributed by atoms with E-state index in [1.807, 2.05) is 38.3 Å². The standard InChI is InChI=1S/C20H30N2O5S2/c1-20(2,3)27-19(24)22-9-4-6-15(14-22)18(23)21-10-8-17(16-7-5-12-28-16)29(25,26)13-11-21/h5,7,12,15,17H,4,6,8-11,13-14H2,1-3H3/t15-,17-/m1/s1. The first-order valence-electron chi connectivity index (χ1n) is 10.1. The van der Waals surface area contributed by atoms with Crippen LogP contribution in [0.3, 0.4) is 0 Å². The van der Waals surface area contributed by atoms with Crippen LogP contribution in [0.5, 0.6) is 0 Å². The highest BCUT2D eigenvalue weighted by molar-refractivity contribution is 7.91. The molecule has 0 spiro atoms. The Morgan fingerprint density at radius 1 is 1.14 bits per heavy atom. The van der Waals surface area contributed by atoms with Crippen LogP contribution < -0.4 is 0 Å². The Morgan fingerprint density at radius 3 is 2.55 bits per heavy atom. The summed E-state index contributed by atoms with van der Waals surface area (Å²) in [6.45, 7) is 6.99. The van der Waals surface area contributed by atoms with Gasteiger partial charge in [0.05, 0.1) is 16.9 Å². The minimum atomic E-state index is -3.29. The fourth-order valence-corrected chi connectivity index (χ4v) is 6.89. The smallest absolute Gasteiger partial charge is 0.410 e. The Labute approximate surface area is 176 Å². The SMILES string of the molecule is CC(C)(C)OC(=O)N1CCC[C@@H](C(=O)N2CC[C@H](c3cccs3)S(=O)(=O)CC2)C1. The van der Waals surface area contributed by atoms with Gasteiger partial charge >= 0.3 is 6.09 Å². The topological polar surface area (TPSA) is 84.0 Å². The summed E-state index contributed by atoms with van der Waals surface area (Å²) in [5.74, 6) is -0.387. The van der Waals surface area contributed by atoms with Gasteiger partial charge in [-0.25, -0.2) is 13.2 Å². The van der Waals surface area contributed by atoms with Crippen LogP contribution in [-0.4, -0.2) is 67.8 Å². The number of rotatable bonds is 2. The third kappa shape index (κ3) is 5.51. The van der Waals surface area contributed by atoms with E-state index in [9.17, 15) is 18.0 Å². The van der Waals surface area contributed by atoms with Crippen molar-refractivity contribution < 1.29 is 22.7 Å². The van der Waals surface area contributed by atoms with Crippen LogP contribution in [0, 0.1) is 5.92 Å². The van der Waals surface area contributed by atoms with Crippen LogP contribution in [-0.2, 0) is 19.4 Å². The highest BCUT2D eigenvalue weighted by Gasteiger charge is 2.37. The number of piperidine rings is 1. The van der Waals surface area contributed by atoms with Crippen LogP contribution >= 0.6 is 11.3 Å². The first kappa shape index (κ1) is 22.1. The highest BCUT2D eigenvalue weighted by atomic mass is 32.2. The van der Waals surface area contributed by atoms with E-state index in [4.69, 9.17) is 4.74 Å². The molecule has 2 atom stereocenters. The molecule has 3 rings (SSSR count). The zero-order valence-electron chi connectivity index (χ0n) is 17.3. The van der Waals surface area contributed by atoms with Crippen molar-refractivity contribution in [3.05, 3.63) is 22.4 Å². The first-order valence-corrected chi connectivity index (χ1v) is 12.7. The molecular formula is C20H30N2O5S2. The van der Waals surface area contributed by atoms with Gasteiger partial charge in [0, 0.05) is 31.1 Å². The van der Waals surface area contributed by atoms with E-state index in [1.165, 1.54) is 11.3 Å². The Bertz CT molecular complexity index is 830. The van der Waals surface area contributed by atoms with Crippen LogP contribution in [0.15, 0.2) is 17.5 Å². The van der Waals surface area contributed by atoms with Crippen molar-refractivity contribution >= 4 is 33.2 Å². The van der Waals surface area contributed by atoms with Gasteiger partial charge in [-0.2, -0.15) is 0 Å². The molecule has 0 aromatic carbocycles. The number of likely N-dealkylation sites (tertiary alicyclic amines) is 1. The number of hydrogen-bond acceptors (Lipinski definition) is 6. The predicted octanol–water partition coefficient (Wildman–Crippen LogP) is 3.08. The maximum atomic E-state index is 13.1. The maximum Gasteiger partial charge on any atom is 0.410 e. The molecule has 2 aliphatic heterocycles. The van der Waals surface area contributed by atoms with Crippen LogP contribution in [0.2, 0.25) is 0 Å². The van der Waals surface area contributed by atoms with E-state index < -0.39 is 26.8 Å². The molecule has 0 bridgehead atoms. The van der Waals surface area contributed by atoms with E-state index >= 15 is 0 Å². The lowest BCUT2D eigenvalue weighted by atomic mass is 9.96. The van der Waals surface area contributed by atoms with E-state index in [1.54, 1.807) is 9.80 Å². The minimum absolute atomic E-state index is 0.0240. The van der Waals surface area contributed by atoms with Crippen molar-refractivity contribution in [1.82, 2.24) is 9.80 Å². The van der Waals surface area contributed by atoms with Gasteiger partial charge < -0.3 is 14.5 Å². The largest absolute Gasteiger partial charge is 0.444 e. The highest BCUT2D eigenvalue weighted by Crippen LogP contribution is 2.33. The van der Waals surface area contributed by atoms with Gasteiger partial charge in [0.15, 0.2) is 9.84 Å². The molecular weight excluding hydrogens is 412 g/mol. The zero-order valence-corrected chi connectivity index (χ0v) is 18.9. The molecule has 3 heterocycles. The molecule has 1 aromatic heterocycles. The van der Waals surface area contributed by atoms with Crippen molar-refractivity contribution in [3.63, 3.8) is 0 Å². The van der Waals surface area contributed by atoms with E-state index in [2.05, 4.69) is 0 Å². The summed E-state index contributed by atoms with van der Waals surface area (Å²) in [6, 6.07) is 3.71. The number of ether oxygens (including phenoxy) is 1. The van der Waals surface area contributed by atoms with Crippen molar-refractivity contribution in [2.75, 3.05) is 31.9 Å². The average molecular weight is 443 g/mol. The molecule has 2 fully saturated rings. The number of nitrogens with zero attached hydrogens (tertiary/aromatic N) is 2. The van der Waals surface area contributed by atoms with Gasteiger partial charge in [-0.15, -0.1) is 11.3 Å². The van der Waals surface area contributed by atoms with E-state index in [0.717, 1.165) is 11.3 Å². The van der Waals surface area contributed by atoms with Gasteiger partial charge in [0.25, 0.3) is 0 Å². The first-order chi connectivity index (χ1) is 13.6. The van der Waals surface area contributed by atoms with Crippen LogP contribution in [0.4, 0.5) is 4.79 Å². The van der Waals surface area contributed by atoms with Crippen molar-refractivity contribution in [1.29, 1.82) is 0 Å². The summed E-state index contributed by atoms with van der Waals surface area (Å²) in [7, 11) is -3.29. The molecule has 1 aromatic rings. The third-order valence-corrected chi connectivity index (χ3v) is 8.58. The van der Waals surface area contributed by atoms with Crippen LogP contribution in [0.25, 0.3) is 0 Å². The summed E-state index contributed by atoms with van der Waals surface area (Å²) in [5, 5.41) is 1.34. The molecule has 2 saturated heterocycles. The molecule has 29 heavy (non-hydrogen) atoms. The summed E-state index contributed by atoms with van der Waals surface area (Å²) in [4.78, 5) is 29.6. The lowest BCUT2D eigenvalue weighted by Gasteiger charge is -2.35. The Balaban J connectivity index is 1.65. The quantitative estimate of drug-likeness (QED) is 0.703. The lowest BCUT2D eigenvalue weighted by Crippen LogP contribution is -2.48. The summed E-state index contributed by atoms with van der Waals surface area (Å²) < 4.78 is 30.9. The Hall–Kier alpha value is -1.61. The van der Waals surface area contributed by atoms with Crippen molar-refractivity contribution in [2.45, 2.75) is 50.9 Å². The molecule has 0 saturated carbocycles. The normalized spacial score (nSPS) is 25.3. The number of carbonyl (C=O) groups is 2. The molecule has 0 radical (unpaired) electrons. The minimum Gasteiger partial charge on any atom is -0.444 e. The van der Waals surface area contributed by atoms with E-state index in [0.29, 0.717) is 32.5 Å². The fourth-order valence-electron chi connectivity index (χ4n) is 3.89. The Morgan fingerprint density at radius 2 is 1.90 bits per heavy atom. The zero-order chi connectivity index (χ0) is 21.2. The molecule has 162 valence electrons. The molecule has 0 aliphatic carbocycles. The lowest BCUT2D eigenvalue weighted by molar-refractivity contribution is -0.136. The third-order valence-electron chi connectivity index (χ3n) is 5.33. The fraction of sp³-hybridized carbons (Fsp3) is 0.700. The second kappa shape index (κ2) is 8.63. The van der Waals surface area contributed by atoms with Gasteiger partial charge in [0.2, 0.25) is 5.91 Å². The number of carbonyl (C=O) groups excluding carboxylic acids is 2. The van der Waals surface area contributed by atoms with Gasteiger partial charge in [-0.3, -0.25) is 4.79 Å².